The largest absolute Gasteiger partial charge is 0.355 e. The van der Waals surface area contributed by atoms with Gasteiger partial charge in [0, 0.05) is 6.54 Å². The van der Waals surface area contributed by atoms with E-state index in [1.165, 1.54) is 12.8 Å². The third-order valence-corrected chi connectivity index (χ3v) is 3.18. The molecule has 82 valence electrons. The Labute approximate surface area is 94.4 Å². The van der Waals surface area contributed by atoms with E-state index >= 15 is 0 Å². The number of hydrogen-bond donors (Lipinski definition) is 1. The van der Waals surface area contributed by atoms with Crippen LogP contribution in [-0.2, 0) is 4.79 Å². The second-order valence-electron chi connectivity index (χ2n) is 4.11. The van der Waals surface area contributed by atoms with Gasteiger partial charge in [-0.25, -0.2) is 0 Å². The van der Waals surface area contributed by atoms with E-state index in [9.17, 15) is 4.79 Å². The van der Waals surface area contributed by atoms with Gasteiger partial charge < -0.3 is 10.2 Å². The second-order valence-corrected chi connectivity index (χ2v) is 5.48. The number of amides is 1. The van der Waals surface area contributed by atoms with Gasteiger partial charge in [0.15, 0.2) is 0 Å². The van der Waals surface area contributed by atoms with Crippen LogP contribution in [-0.4, -0.2) is 42.3 Å². The molecule has 0 aromatic heterocycles. The van der Waals surface area contributed by atoms with Crippen molar-refractivity contribution in [2.45, 2.75) is 24.6 Å². The van der Waals surface area contributed by atoms with Gasteiger partial charge in [-0.1, -0.05) is 15.9 Å². The summed E-state index contributed by atoms with van der Waals surface area (Å²) in [6, 6.07) is 0. The van der Waals surface area contributed by atoms with Crippen LogP contribution in [0.1, 0.15) is 19.8 Å². The van der Waals surface area contributed by atoms with Gasteiger partial charge in [0.25, 0.3) is 0 Å². The monoisotopic (exact) mass is 262 g/mol. The summed E-state index contributed by atoms with van der Waals surface area (Å²) in [7, 11) is 2.15. The summed E-state index contributed by atoms with van der Waals surface area (Å²) in [5.41, 5.74) is 0. The van der Waals surface area contributed by atoms with Crippen LogP contribution < -0.4 is 5.32 Å². The highest BCUT2D eigenvalue weighted by molar-refractivity contribution is 9.10. The van der Waals surface area contributed by atoms with Crippen molar-refractivity contribution in [1.29, 1.82) is 0 Å². The lowest BCUT2D eigenvalue weighted by molar-refractivity contribution is -0.120. The number of carbonyl (C=O) groups is 1. The van der Waals surface area contributed by atoms with Crippen LogP contribution in [0.5, 0.6) is 0 Å². The Kier molecular flexibility index (Phi) is 4.89. The lowest BCUT2D eigenvalue weighted by Gasteiger charge is -2.29. The van der Waals surface area contributed by atoms with Gasteiger partial charge >= 0.3 is 0 Å². The minimum atomic E-state index is -0.0752. The molecule has 1 rings (SSSR count). The number of nitrogens with zero attached hydrogens (tertiary/aromatic N) is 1. The fourth-order valence-corrected chi connectivity index (χ4v) is 1.81. The summed E-state index contributed by atoms with van der Waals surface area (Å²) < 4.78 is 0. The smallest absolute Gasteiger partial charge is 0.233 e. The van der Waals surface area contributed by atoms with E-state index in [4.69, 9.17) is 0 Å². The van der Waals surface area contributed by atoms with Crippen molar-refractivity contribution < 1.29 is 4.79 Å². The molecule has 0 spiro atoms. The molecular weight excluding hydrogens is 244 g/mol. The number of likely N-dealkylation sites (tertiary alicyclic amines) is 1. The van der Waals surface area contributed by atoms with Crippen LogP contribution in [0.15, 0.2) is 0 Å². The first kappa shape index (κ1) is 12.0. The molecule has 0 aromatic rings. The Hall–Kier alpha value is -0.0900. The van der Waals surface area contributed by atoms with Gasteiger partial charge in [-0.3, -0.25) is 4.79 Å². The normalized spacial score (nSPS) is 21.9. The number of hydrogen-bond acceptors (Lipinski definition) is 2. The lowest BCUT2D eigenvalue weighted by atomic mass is 9.97. The molecule has 0 radical (unpaired) electrons. The molecule has 1 fully saturated rings. The van der Waals surface area contributed by atoms with E-state index in [0.717, 1.165) is 19.6 Å². The third-order valence-electron chi connectivity index (χ3n) is 2.76. The van der Waals surface area contributed by atoms with Crippen molar-refractivity contribution in [2.75, 3.05) is 26.7 Å². The van der Waals surface area contributed by atoms with E-state index in [2.05, 4.69) is 33.2 Å². The molecule has 3 nitrogen and oxygen atoms in total. The summed E-state index contributed by atoms with van der Waals surface area (Å²) in [5, 5.41) is 2.96. The quantitative estimate of drug-likeness (QED) is 0.777. The van der Waals surface area contributed by atoms with Crippen molar-refractivity contribution in [3.05, 3.63) is 0 Å². The Balaban J connectivity index is 2.16. The van der Waals surface area contributed by atoms with Gasteiger partial charge in [-0.2, -0.15) is 0 Å². The van der Waals surface area contributed by atoms with Crippen molar-refractivity contribution in [3.8, 4) is 0 Å². The van der Waals surface area contributed by atoms with Crippen LogP contribution >= 0.6 is 15.9 Å². The van der Waals surface area contributed by atoms with Crippen LogP contribution in [0.3, 0.4) is 0 Å². The predicted molar refractivity (Wildman–Crippen MR) is 61.6 cm³/mol. The number of rotatable bonds is 3. The Morgan fingerprint density at radius 3 is 2.64 bits per heavy atom. The van der Waals surface area contributed by atoms with Gasteiger partial charge in [0.05, 0.1) is 4.83 Å². The molecular formula is C10H19BrN2O. The fourth-order valence-electron chi connectivity index (χ4n) is 1.65. The molecule has 1 heterocycles. The minimum absolute atomic E-state index is 0.0752. The number of halogens is 1. The zero-order valence-electron chi connectivity index (χ0n) is 8.92. The second kappa shape index (κ2) is 5.71. The van der Waals surface area contributed by atoms with Crippen molar-refractivity contribution in [1.82, 2.24) is 10.2 Å². The molecule has 1 aliphatic heterocycles. The topological polar surface area (TPSA) is 32.3 Å². The van der Waals surface area contributed by atoms with E-state index in [-0.39, 0.29) is 10.7 Å². The molecule has 1 amide bonds. The van der Waals surface area contributed by atoms with Crippen LogP contribution in [0, 0.1) is 5.92 Å². The average Bonchev–Trinajstić information content (AvgIpc) is 2.16. The number of piperidine rings is 1. The first-order chi connectivity index (χ1) is 6.59. The fraction of sp³-hybridized carbons (Fsp3) is 0.900. The van der Waals surface area contributed by atoms with Crippen LogP contribution in [0.2, 0.25) is 0 Å². The van der Waals surface area contributed by atoms with Crippen LogP contribution in [0.4, 0.5) is 0 Å². The molecule has 0 aromatic carbocycles. The summed E-state index contributed by atoms with van der Waals surface area (Å²) >= 11 is 3.25. The summed E-state index contributed by atoms with van der Waals surface area (Å²) in [6.45, 7) is 5.00. The first-order valence-electron chi connectivity index (χ1n) is 5.20. The zero-order chi connectivity index (χ0) is 10.6. The Bertz CT molecular complexity index is 189. The predicted octanol–water partition coefficient (Wildman–Crippen LogP) is 1.23. The molecule has 1 N–H and O–H groups in total. The minimum Gasteiger partial charge on any atom is -0.355 e. The Morgan fingerprint density at radius 2 is 2.14 bits per heavy atom. The highest BCUT2D eigenvalue weighted by Gasteiger charge is 2.17. The Morgan fingerprint density at radius 1 is 1.57 bits per heavy atom. The molecule has 1 saturated heterocycles. The highest BCUT2D eigenvalue weighted by Crippen LogP contribution is 2.14. The maximum Gasteiger partial charge on any atom is 0.233 e. The van der Waals surface area contributed by atoms with E-state index in [0.29, 0.717) is 5.92 Å². The maximum absolute atomic E-state index is 11.3. The van der Waals surface area contributed by atoms with Crippen molar-refractivity contribution in [3.63, 3.8) is 0 Å². The molecule has 1 unspecified atom stereocenters. The number of carbonyl (C=O) groups excluding carboxylic acids is 1. The number of alkyl halides is 1. The molecule has 0 bridgehead atoms. The molecule has 0 saturated carbocycles. The van der Waals surface area contributed by atoms with Crippen LogP contribution in [0.25, 0.3) is 0 Å². The van der Waals surface area contributed by atoms with Crippen molar-refractivity contribution >= 4 is 21.8 Å². The van der Waals surface area contributed by atoms with Gasteiger partial charge in [-0.05, 0) is 45.8 Å². The molecule has 14 heavy (non-hydrogen) atoms. The summed E-state index contributed by atoms with van der Waals surface area (Å²) in [6.07, 6.45) is 2.40. The maximum atomic E-state index is 11.3. The first-order valence-corrected chi connectivity index (χ1v) is 6.11. The highest BCUT2D eigenvalue weighted by atomic mass is 79.9. The molecule has 1 aliphatic rings. The van der Waals surface area contributed by atoms with E-state index in [1.807, 2.05) is 6.92 Å². The van der Waals surface area contributed by atoms with Gasteiger partial charge in [0.1, 0.15) is 0 Å². The standard InChI is InChI=1S/C10H19BrN2O/c1-8(11)10(14)12-7-9-3-5-13(2)6-4-9/h8-9H,3-7H2,1-2H3,(H,12,14). The van der Waals surface area contributed by atoms with Gasteiger partial charge in [-0.15, -0.1) is 0 Å². The summed E-state index contributed by atoms with van der Waals surface area (Å²) in [5.74, 6) is 0.769. The van der Waals surface area contributed by atoms with Crippen molar-refractivity contribution in [2.24, 2.45) is 5.92 Å². The lowest BCUT2D eigenvalue weighted by Crippen LogP contribution is -2.38. The molecule has 1 atom stereocenters. The summed E-state index contributed by atoms with van der Waals surface area (Å²) in [4.78, 5) is 13.5. The SMILES string of the molecule is CC(Br)C(=O)NCC1CCN(C)CC1. The van der Waals surface area contributed by atoms with E-state index < -0.39 is 0 Å². The number of nitrogens with one attached hydrogen (secondary N) is 1. The third kappa shape index (κ3) is 3.96. The van der Waals surface area contributed by atoms with E-state index in [1.54, 1.807) is 0 Å². The van der Waals surface area contributed by atoms with Gasteiger partial charge in [0.2, 0.25) is 5.91 Å². The molecule has 4 heteroatoms. The zero-order valence-corrected chi connectivity index (χ0v) is 10.5. The molecule has 0 aliphatic carbocycles. The average molecular weight is 263 g/mol.